The summed E-state index contributed by atoms with van der Waals surface area (Å²) in [6, 6.07) is 13.7. The summed E-state index contributed by atoms with van der Waals surface area (Å²) in [5.74, 6) is 0. The molecule has 0 amide bonds. The first kappa shape index (κ1) is 8.20. The van der Waals surface area contributed by atoms with Crippen LogP contribution in [0.5, 0.6) is 0 Å². The Morgan fingerprint density at radius 2 is 1.77 bits per heavy atom. The molecule has 0 bridgehead atoms. The number of hydrogen-bond donors (Lipinski definition) is 0. The van der Waals surface area contributed by atoms with E-state index in [4.69, 9.17) is 0 Å². The first-order valence-electron chi connectivity index (χ1n) is 3.93. The number of hydrogen-bond acceptors (Lipinski definition) is 2. The Bertz CT molecular complexity index is 403. The first-order chi connectivity index (χ1) is 6.40. The molecule has 0 atom stereocenters. The molecule has 1 aromatic heterocycles. The van der Waals surface area contributed by atoms with E-state index in [2.05, 4.69) is 0 Å². The fourth-order valence-corrected chi connectivity index (χ4v) is 1.95. The minimum atomic E-state index is 0.652. The third-order valence-corrected chi connectivity index (χ3v) is 2.80. The van der Waals surface area contributed by atoms with Crippen molar-refractivity contribution < 1.29 is 4.79 Å². The molecule has 1 nitrogen and oxygen atoms in total. The van der Waals surface area contributed by atoms with Crippen molar-refractivity contribution in [2.24, 2.45) is 0 Å². The molecule has 1 radical (unpaired) electrons. The van der Waals surface area contributed by atoms with Gasteiger partial charge in [-0.1, -0.05) is 30.3 Å². The summed E-state index contributed by atoms with van der Waals surface area (Å²) in [5, 5.41) is 0. The van der Waals surface area contributed by atoms with Crippen molar-refractivity contribution in [3.05, 3.63) is 47.3 Å². The monoisotopic (exact) mass is 187 g/mol. The normalized spacial score (nSPS) is 9.85. The zero-order valence-corrected chi connectivity index (χ0v) is 7.67. The summed E-state index contributed by atoms with van der Waals surface area (Å²) in [6.45, 7) is 0. The molecule has 0 saturated heterocycles. The molecule has 0 unspecified atom stereocenters. The van der Waals surface area contributed by atoms with Crippen LogP contribution in [0, 0.1) is 0 Å². The van der Waals surface area contributed by atoms with Crippen LogP contribution >= 0.6 is 11.3 Å². The second kappa shape index (κ2) is 3.54. The third-order valence-electron chi connectivity index (χ3n) is 1.76. The van der Waals surface area contributed by atoms with Crippen LogP contribution in [-0.4, -0.2) is 6.29 Å². The second-order valence-corrected chi connectivity index (χ2v) is 3.72. The van der Waals surface area contributed by atoms with Gasteiger partial charge in [0, 0.05) is 4.88 Å². The van der Waals surface area contributed by atoms with E-state index in [9.17, 15) is 4.79 Å². The van der Waals surface area contributed by atoms with Gasteiger partial charge in [-0.05, 0) is 17.7 Å². The minimum absolute atomic E-state index is 0.652. The number of carbonyl (C=O) groups excluding carboxylic acids is 1. The van der Waals surface area contributed by atoms with Crippen molar-refractivity contribution in [1.29, 1.82) is 0 Å². The molecule has 2 heteroatoms. The highest BCUT2D eigenvalue weighted by atomic mass is 32.1. The van der Waals surface area contributed by atoms with E-state index in [0.29, 0.717) is 4.88 Å². The van der Waals surface area contributed by atoms with Crippen LogP contribution in [0.25, 0.3) is 10.4 Å². The maximum absolute atomic E-state index is 10.3. The molecule has 0 fully saturated rings. The van der Waals surface area contributed by atoms with Crippen LogP contribution < -0.4 is 0 Å². The van der Waals surface area contributed by atoms with Gasteiger partial charge in [0.25, 0.3) is 0 Å². The zero-order chi connectivity index (χ0) is 9.10. The molecule has 13 heavy (non-hydrogen) atoms. The van der Waals surface area contributed by atoms with Gasteiger partial charge in [0.05, 0.1) is 4.88 Å². The van der Waals surface area contributed by atoms with Gasteiger partial charge in [-0.3, -0.25) is 4.79 Å². The fraction of sp³-hybridized carbons (Fsp3) is 0. The van der Waals surface area contributed by atoms with Crippen molar-refractivity contribution in [3.63, 3.8) is 0 Å². The summed E-state index contributed by atoms with van der Waals surface area (Å²) >= 11 is 1.46. The van der Waals surface area contributed by atoms with Crippen molar-refractivity contribution in [2.75, 3.05) is 0 Å². The number of benzene rings is 1. The van der Waals surface area contributed by atoms with Crippen molar-refractivity contribution >= 4 is 17.6 Å². The summed E-state index contributed by atoms with van der Waals surface area (Å²) in [4.78, 5) is 12.1. The molecule has 2 aromatic rings. The lowest BCUT2D eigenvalue weighted by molar-refractivity contribution is 0.563. The predicted molar refractivity (Wildman–Crippen MR) is 54.6 cm³/mol. The lowest BCUT2D eigenvalue weighted by Gasteiger charge is -1.93. The Hall–Kier alpha value is -1.41. The van der Waals surface area contributed by atoms with Gasteiger partial charge >= 0.3 is 0 Å². The summed E-state index contributed by atoms with van der Waals surface area (Å²) in [7, 11) is 0. The van der Waals surface area contributed by atoms with Gasteiger partial charge < -0.3 is 0 Å². The van der Waals surface area contributed by atoms with Crippen LogP contribution in [0.1, 0.15) is 4.88 Å². The molecule has 1 aromatic carbocycles. The van der Waals surface area contributed by atoms with Crippen LogP contribution in [0.4, 0.5) is 0 Å². The van der Waals surface area contributed by atoms with E-state index < -0.39 is 0 Å². The van der Waals surface area contributed by atoms with Gasteiger partial charge in [0.1, 0.15) is 0 Å². The van der Waals surface area contributed by atoms with Gasteiger partial charge in [-0.2, -0.15) is 0 Å². The molecule has 0 spiro atoms. The molecule has 0 aliphatic heterocycles. The lowest BCUT2D eigenvalue weighted by atomic mass is 10.2. The minimum Gasteiger partial charge on any atom is -0.284 e. The average Bonchev–Trinajstić information content (AvgIpc) is 2.67. The standard InChI is InChI=1S/C11H7OS/c12-8-10-6-7-11(13-10)9-4-2-1-3-5-9/h1-7H. The highest BCUT2D eigenvalue weighted by Crippen LogP contribution is 2.26. The fourth-order valence-electron chi connectivity index (χ4n) is 1.15. The summed E-state index contributed by atoms with van der Waals surface area (Å²) in [6.07, 6.45) is 1.89. The maximum atomic E-state index is 10.3. The van der Waals surface area contributed by atoms with Crippen LogP contribution in [0.2, 0.25) is 0 Å². The third kappa shape index (κ3) is 1.68. The van der Waals surface area contributed by atoms with E-state index in [1.54, 1.807) is 6.07 Å². The molecule has 0 saturated carbocycles. The Labute approximate surface area is 80.7 Å². The number of rotatable bonds is 2. The van der Waals surface area contributed by atoms with Gasteiger partial charge in [0.2, 0.25) is 6.29 Å². The first-order valence-corrected chi connectivity index (χ1v) is 4.75. The summed E-state index contributed by atoms with van der Waals surface area (Å²) < 4.78 is 0. The molecule has 1 heterocycles. The maximum Gasteiger partial charge on any atom is 0.244 e. The smallest absolute Gasteiger partial charge is 0.244 e. The molecular weight excluding hydrogens is 180 g/mol. The van der Waals surface area contributed by atoms with Crippen LogP contribution in [0.3, 0.4) is 0 Å². The molecule has 63 valence electrons. The summed E-state index contributed by atoms with van der Waals surface area (Å²) in [5.41, 5.74) is 1.15. The molecular formula is C11H7OS. The van der Waals surface area contributed by atoms with Gasteiger partial charge in [-0.15, -0.1) is 11.3 Å². The Balaban J connectivity index is 2.41. The zero-order valence-electron chi connectivity index (χ0n) is 6.86. The highest BCUT2D eigenvalue weighted by molar-refractivity contribution is 7.17. The molecule has 0 aliphatic carbocycles. The van der Waals surface area contributed by atoms with Crippen LogP contribution in [-0.2, 0) is 4.79 Å². The van der Waals surface area contributed by atoms with Crippen molar-refractivity contribution in [1.82, 2.24) is 0 Å². The van der Waals surface area contributed by atoms with Crippen LogP contribution in [0.15, 0.2) is 42.5 Å². The second-order valence-electron chi connectivity index (χ2n) is 2.63. The molecule has 0 aliphatic rings. The highest BCUT2D eigenvalue weighted by Gasteiger charge is 2.00. The quantitative estimate of drug-likeness (QED) is 0.706. The van der Waals surface area contributed by atoms with E-state index >= 15 is 0 Å². The predicted octanol–water partition coefficient (Wildman–Crippen LogP) is 2.87. The lowest BCUT2D eigenvalue weighted by Crippen LogP contribution is -1.68. The topological polar surface area (TPSA) is 17.1 Å². The van der Waals surface area contributed by atoms with Gasteiger partial charge in [-0.25, -0.2) is 0 Å². The Kier molecular flexibility index (Phi) is 2.23. The van der Waals surface area contributed by atoms with E-state index in [0.717, 1.165) is 10.4 Å². The SMILES string of the molecule is O=[C]c1ccc(-c2ccccc2)s1. The number of thiophene rings is 1. The van der Waals surface area contributed by atoms with Crippen molar-refractivity contribution in [3.8, 4) is 10.4 Å². The Morgan fingerprint density at radius 3 is 2.38 bits per heavy atom. The van der Waals surface area contributed by atoms with E-state index in [-0.39, 0.29) is 0 Å². The Morgan fingerprint density at radius 1 is 1.00 bits per heavy atom. The van der Waals surface area contributed by atoms with E-state index in [1.807, 2.05) is 42.7 Å². The van der Waals surface area contributed by atoms with Crippen molar-refractivity contribution in [2.45, 2.75) is 0 Å². The largest absolute Gasteiger partial charge is 0.284 e. The van der Waals surface area contributed by atoms with E-state index in [1.165, 1.54) is 11.3 Å². The average molecular weight is 187 g/mol. The molecule has 0 N–H and O–H groups in total. The van der Waals surface area contributed by atoms with Gasteiger partial charge in [0.15, 0.2) is 0 Å². The molecule has 2 rings (SSSR count).